The van der Waals surface area contributed by atoms with Crippen LogP contribution in [0.3, 0.4) is 0 Å². The van der Waals surface area contributed by atoms with E-state index in [2.05, 4.69) is 26.3 Å². The molecule has 1 amide bonds. The number of nitrogens with one attached hydrogen (secondary N) is 1. The minimum Gasteiger partial charge on any atom is -0.337 e. The summed E-state index contributed by atoms with van der Waals surface area (Å²) in [6, 6.07) is 8.15. The van der Waals surface area contributed by atoms with E-state index in [0.717, 1.165) is 35.4 Å². The first-order valence-corrected chi connectivity index (χ1v) is 8.15. The van der Waals surface area contributed by atoms with Crippen molar-refractivity contribution in [3.8, 4) is 5.69 Å². The third-order valence-electron chi connectivity index (χ3n) is 4.20. The van der Waals surface area contributed by atoms with Crippen molar-refractivity contribution in [3.05, 3.63) is 46.2 Å². The lowest BCUT2D eigenvalue weighted by molar-refractivity contribution is 0.0743. The minimum atomic E-state index is 0.0347. The molecule has 0 spiro atoms. The van der Waals surface area contributed by atoms with Crippen molar-refractivity contribution in [2.24, 2.45) is 0 Å². The van der Waals surface area contributed by atoms with Crippen LogP contribution in [0.25, 0.3) is 5.69 Å². The van der Waals surface area contributed by atoms with E-state index in [9.17, 15) is 4.79 Å². The summed E-state index contributed by atoms with van der Waals surface area (Å²) in [5, 5.41) is 7.68. The van der Waals surface area contributed by atoms with Crippen LogP contribution in [0.5, 0.6) is 0 Å². The van der Waals surface area contributed by atoms with Crippen LogP contribution in [0, 0.1) is 6.92 Å². The number of likely N-dealkylation sites (N-methyl/N-ethyl adjacent to an activating group) is 1. The molecule has 0 bridgehead atoms. The third kappa shape index (κ3) is 2.80. The van der Waals surface area contributed by atoms with Crippen molar-refractivity contribution in [3.63, 3.8) is 0 Å². The molecular formula is C16H19BrN4O. The fraction of sp³-hybridized carbons (Fsp3) is 0.375. The molecule has 3 rings (SSSR count). The molecule has 1 aromatic heterocycles. The molecule has 1 saturated heterocycles. The molecule has 1 atom stereocenters. The number of halogens is 1. The van der Waals surface area contributed by atoms with Gasteiger partial charge in [0.15, 0.2) is 0 Å². The van der Waals surface area contributed by atoms with Gasteiger partial charge in [-0.3, -0.25) is 4.79 Å². The number of hydrogen-bond donors (Lipinski definition) is 1. The Morgan fingerprint density at radius 3 is 3.00 bits per heavy atom. The third-order valence-corrected chi connectivity index (χ3v) is 4.69. The van der Waals surface area contributed by atoms with Crippen molar-refractivity contribution in [1.82, 2.24) is 20.0 Å². The van der Waals surface area contributed by atoms with Crippen LogP contribution < -0.4 is 5.32 Å². The summed E-state index contributed by atoms with van der Waals surface area (Å²) in [4.78, 5) is 14.5. The Morgan fingerprint density at radius 1 is 1.50 bits per heavy atom. The molecule has 2 aromatic rings. The second kappa shape index (κ2) is 6.22. The largest absolute Gasteiger partial charge is 0.337 e. The summed E-state index contributed by atoms with van der Waals surface area (Å²) in [6.45, 7) is 3.77. The van der Waals surface area contributed by atoms with E-state index in [-0.39, 0.29) is 11.9 Å². The summed E-state index contributed by atoms with van der Waals surface area (Å²) >= 11 is 3.46. The van der Waals surface area contributed by atoms with Gasteiger partial charge in [0.25, 0.3) is 5.91 Å². The fourth-order valence-corrected chi connectivity index (χ4v) is 3.20. The van der Waals surface area contributed by atoms with Gasteiger partial charge >= 0.3 is 0 Å². The Balaban J connectivity index is 1.88. The predicted molar refractivity (Wildman–Crippen MR) is 89.4 cm³/mol. The van der Waals surface area contributed by atoms with Gasteiger partial charge in [0.2, 0.25) is 0 Å². The van der Waals surface area contributed by atoms with Gasteiger partial charge in [-0.05, 0) is 38.1 Å². The molecule has 1 aromatic carbocycles. The molecule has 6 heteroatoms. The Hall–Kier alpha value is -1.66. The molecule has 1 N–H and O–H groups in total. The summed E-state index contributed by atoms with van der Waals surface area (Å²) in [7, 11) is 1.87. The highest BCUT2D eigenvalue weighted by Gasteiger charge is 2.26. The topological polar surface area (TPSA) is 50.2 Å². The molecule has 5 nitrogen and oxygen atoms in total. The highest BCUT2D eigenvalue weighted by Crippen LogP contribution is 2.20. The van der Waals surface area contributed by atoms with E-state index in [1.807, 2.05) is 43.1 Å². The molecular weight excluding hydrogens is 344 g/mol. The number of aromatic nitrogens is 2. The standard InChI is InChI=1S/C16H19BrN4O/c1-11-15(16(22)20(2)14-6-7-18-9-14)10-19-21(11)13-5-3-4-12(17)8-13/h3-5,8,10,14,18H,6-7,9H2,1-2H3/t14-/m1/s1. The highest BCUT2D eigenvalue weighted by molar-refractivity contribution is 9.10. The van der Waals surface area contributed by atoms with E-state index < -0.39 is 0 Å². The van der Waals surface area contributed by atoms with Gasteiger partial charge in [-0.1, -0.05) is 22.0 Å². The first-order valence-electron chi connectivity index (χ1n) is 7.36. The first-order chi connectivity index (χ1) is 10.6. The van der Waals surface area contributed by atoms with Gasteiger partial charge in [-0.2, -0.15) is 5.10 Å². The van der Waals surface area contributed by atoms with Crippen molar-refractivity contribution in [2.45, 2.75) is 19.4 Å². The molecule has 0 saturated carbocycles. The molecule has 0 unspecified atom stereocenters. The molecule has 1 aliphatic heterocycles. The van der Waals surface area contributed by atoms with Crippen LogP contribution >= 0.6 is 15.9 Å². The number of hydrogen-bond acceptors (Lipinski definition) is 3. The van der Waals surface area contributed by atoms with Gasteiger partial charge < -0.3 is 10.2 Å². The van der Waals surface area contributed by atoms with Gasteiger partial charge in [0.1, 0.15) is 0 Å². The zero-order valence-electron chi connectivity index (χ0n) is 12.7. The monoisotopic (exact) mass is 362 g/mol. The number of nitrogens with zero attached hydrogens (tertiary/aromatic N) is 3. The first kappa shape index (κ1) is 15.2. The van der Waals surface area contributed by atoms with Gasteiger partial charge in [0, 0.05) is 24.1 Å². The van der Waals surface area contributed by atoms with Crippen LogP contribution in [-0.2, 0) is 0 Å². The Bertz CT molecular complexity index is 691. The summed E-state index contributed by atoms with van der Waals surface area (Å²) in [5.74, 6) is 0.0347. The number of carbonyl (C=O) groups is 1. The fourth-order valence-electron chi connectivity index (χ4n) is 2.81. The van der Waals surface area contributed by atoms with Crippen molar-refractivity contribution < 1.29 is 4.79 Å². The lowest BCUT2D eigenvalue weighted by Gasteiger charge is -2.23. The summed E-state index contributed by atoms with van der Waals surface area (Å²) in [5.41, 5.74) is 2.46. The quantitative estimate of drug-likeness (QED) is 0.911. The Kier molecular flexibility index (Phi) is 4.31. The zero-order chi connectivity index (χ0) is 15.7. The van der Waals surface area contributed by atoms with Crippen molar-refractivity contribution >= 4 is 21.8 Å². The molecule has 2 heterocycles. The van der Waals surface area contributed by atoms with Crippen molar-refractivity contribution in [2.75, 3.05) is 20.1 Å². The lowest BCUT2D eigenvalue weighted by Crippen LogP contribution is -2.38. The van der Waals surface area contributed by atoms with Crippen LogP contribution in [0.4, 0.5) is 0 Å². The van der Waals surface area contributed by atoms with E-state index in [1.165, 1.54) is 0 Å². The molecule has 0 radical (unpaired) electrons. The van der Waals surface area contributed by atoms with Gasteiger partial charge in [-0.25, -0.2) is 4.68 Å². The number of rotatable bonds is 3. The smallest absolute Gasteiger partial charge is 0.257 e. The number of amides is 1. The predicted octanol–water partition coefficient (Wildman–Crippen LogP) is 2.38. The minimum absolute atomic E-state index is 0.0347. The molecule has 22 heavy (non-hydrogen) atoms. The Labute approximate surface area is 138 Å². The lowest BCUT2D eigenvalue weighted by atomic mass is 10.1. The second-order valence-electron chi connectivity index (χ2n) is 5.60. The van der Waals surface area contributed by atoms with Crippen LogP contribution in [-0.4, -0.2) is 46.8 Å². The average molecular weight is 363 g/mol. The van der Waals surface area contributed by atoms with Gasteiger partial charge in [-0.15, -0.1) is 0 Å². The van der Waals surface area contributed by atoms with Crippen LogP contribution in [0.2, 0.25) is 0 Å². The molecule has 1 fully saturated rings. The maximum atomic E-state index is 12.7. The van der Waals surface area contributed by atoms with E-state index >= 15 is 0 Å². The van der Waals surface area contributed by atoms with Crippen molar-refractivity contribution in [1.29, 1.82) is 0 Å². The van der Waals surface area contributed by atoms with E-state index in [1.54, 1.807) is 10.9 Å². The average Bonchev–Trinajstić information content (AvgIpc) is 3.15. The number of carbonyl (C=O) groups excluding carboxylic acids is 1. The highest BCUT2D eigenvalue weighted by atomic mass is 79.9. The van der Waals surface area contributed by atoms with Gasteiger partial charge in [0.05, 0.1) is 23.1 Å². The van der Waals surface area contributed by atoms with E-state index in [4.69, 9.17) is 0 Å². The Morgan fingerprint density at radius 2 is 2.32 bits per heavy atom. The maximum absolute atomic E-state index is 12.7. The molecule has 0 aliphatic carbocycles. The molecule has 1 aliphatic rings. The van der Waals surface area contributed by atoms with Crippen LogP contribution in [0.1, 0.15) is 22.5 Å². The molecule has 116 valence electrons. The normalized spacial score (nSPS) is 17.7. The summed E-state index contributed by atoms with van der Waals surface area (Å²) in [6.07, 6.45) is 2.67. The SMILES string of the molecule is Cc1c(C(=O)N(C)[C@@H]2CCNC2)cnn1-c1cccc(Br)c1. The number of benzene rings is 1. The zero-order valence-corrected chi connectivity index (χ0v) is 14.3. The summed E-state index contributed by atoms with van der Waals surface area (Å²) < 4.78 is 2.79. The van der Waals surface area contributed by atoms with Crippen LogP contribution in [0.15, 0.2) is 34.9 Å². The maximum Gasteiger partial charge on any atom is 0.257 e. The van der Waals surface area contributed by atoms with E-state index in [0.29, 0.717) is 5.56 Å². The second-order valence-corrected chi connectivity index (χ2v) is 6.51.